The molecular formula is C8H8NO6S+. The molecule has 8 heteroatoms. The van der Waals surface area contributed by atoms with Crippen molar-refractivity contribution >= 4 is 23.0 Å². The Hall–Kier alpha value is -1.77. The highest BCUT2D eigenvalue weighted by Gasteiger charge is 2.15. The number of rotatable bonds is 4. The van der Waals surface area contributed by atoms with Crippen LogP contribution < -0.4 is 5.90 Å². The zero-order valence-corrected chi connectivity index (χ0v) is 8.69. The zero-order valence-electron chi connectivity index (χ0n) is 7.87. The van der Waals surface area contributed by atoms with Crippen LogP contribution in [0.2, 0.25) is 0 Å². The average Bonchev–Trinajstić information content (AvgIpc) is 2.27. The summed E-state index contributed by atoms with van der Waals surface area (Å²) in [5.74, 6) is 0.287. The summed E-state index contributed by atoms with van der Waals surface area (Å²) in [7, 11) is 0. The highest BCUT2D eigenvalue weighted by atomic mass is 32.2. The summed E-state index contributed by atoms with van der Waals surface area (Å²) in [6, 6.07) is 3.10. The molecule has 1 rings (SSSR count). The molecule has 0 spiro atoms. The molecule has 0 saturated heterocycles. The Bertz CT molecular complexity index is 439. The summed E-state index contributed by atoms with van der Waals surface area (Å²) >= 11 is -1.98. The van der Waals surface area contributed by atoms with E-state index >= 15 is 0 Å². The molecule has 0 aromatic heterocycles. The van der Waals surface area contributed by atoms with Crippen molar-refractivity contribution in [2.45, 2.75) is 4.90 Å². The van der Waals surface area contributed by atoms with Crippen molar-refractivity contribution < 1.29 is 34.2 Å². The molecule has 0 fully saturated rings. The van der Waals surface area contributed by atoms with E-state index in [4.69, 9.17) is 10.2 Å². The van der Waals surface area contributed by atoms with Crippen LogP contribution in [0.25, 0.3) is 0 Å². The van der Waals surface area contributed by atoms with Gasteiger partial charge in [-0.3, -0.25) is 0 Å². The van der Waals surface area contributed by atoms with E-state index in [1.807, 2.05) is 0 Å². The molecule has 0 aliphatic carbocycles. The maximum atomic E-state index is 11.2. The molecule has 0 radical (unpaired) electrons. The summed E-state index contributed by atoms with van der Waals surface area (Å²) in [6.45, 7) is 0. The van der Waals surface area contributed by atoms with Crippen LogP contribution in [-0.2, 0) is 15.4 Å². The molecule has 0 amide bonds. The minimum absolute atomic E-state index is 0.0627. The van der Waals surface area contributed by atoms with Crippen molar-refractivity contribution in [1.29, 1.82) is 0 Å². The lowest BCUT2D eigenvalue weighted by Gasteiger charge is -2.01. The normalized spacial score (nSPS) is 12.1. The molecule has 86 valence electrons. The number of hydrogen-bond acceptors (Lipinski definition) is 4. The Balaban J connectivity index is 3.35. The van der Waals surface area contributed by atoms with Gasteiger partial charge in [0, 0.05) is 0 Å². The molecule has 0 heterocycles. The molecule has 7 nitrogen and oxygen atoms in total. The fraction of sp³-hybridized carbons (Fsp3) is 0. The van der Waals surface area contributed by atoms with Crippen molar-refractivity contribution in [2.75, 3.05) is 0 Å². The molecule has 16 heavy (non-hydrogen) atoms. The van der Waals surface area contributed by atoms with Crippen LogP contribution in [0.4, 0.5) is 0 Å². The monoisotopic (exact) mass is 246 g/mol. The van der Waals surface area contributed by atoms with Gasteiger partial charge in [0.25, 0.3) is 0 Å². The van der Waals surface area contributed by atoms with Gasteiger partial charge in [-0.2, -0.15) is 5.90 Å². The number of carboxylic acids is 2. The first kappa shape index (κ1) is 12.3. The number of hydrogen-bond donors (Lipinski definition) is 3. The smallest absolute Gasteiger partial charge is 0.335 e. The van der Waals surface area contributed by atoms with Crippen molar-refractivity contribution in [1.82, 2.24) is 0 Å². The first-order chi connectivity index (χ1) is 7.45. The lowest BCUT2D eigenvalue weighted by atomic mass is 10.1. The Labute approximate surface area is 92.1 Å². The third-order valence-electron chi connectivity index (χ3n) is 1.70. The van der Waals surface area contributed by atoms with Crippen molar-refractivity contribution in [3.8, 4) is 0 Å². The minimum Gasteiger partial charge on any atom is -0.478 e. The third-order valence-corrected chi connectivity index (χ3v) is 2.53. The van der Waals surface area contributed by atoms with Crippen LogP contribution in [0.15, 0.2) is 23.1 Å². The van der Waals surface area contributed by atoms with Gasteiger partial charge in [0.15, 0.2) is 0 Å². The summed E-state index contributed by atoms with van der Waals surface area (Å²) in [5.41, 5.74) is -0.555. The number of aromatic carboxylic acids is 2. The van der Waals surface area contributed by atoms with Gasteiger partial charge < -0.3 is 10.2 Å². The van der Waals surface area contributed by atoms with Gasteiger partial charge in [0.2, 0.25) is 11.1 Å². The van der Waals surface area contributed by atoms with E-state index in [1.54, 1.807) is 0 Å². The minimum atomic E-state index is -1.98. The number of carbonyl (C=O) groups is 2. The van der Waals surface area contributed by atoms with Crippen molar-refractivity contribution in [3.63, 3.8) is 0 Å². The Kier molecular flexibility index (Phi) is 3.72. The number of carboxylic acid groups (broad SMARTS) is 2. The van der Waals surface area contributed by atoms with Crippen LogP contribution in [0.1, 0.15) is 20.7 Å². The van der Waals surface area contributed by atoms with Gasteiger partial charge in [0.1, 0.15) is 0 Å². The summed E-state index contributed by atoms with van der Waals surface area (Å²) in [4.78, 5) is 21.3. The van der Waals surface area contributed by atoms with Gasteiger partial charge in [-0.15, -0.1) is 4.28 Å². The summed E-state index contributed by atoms with van der Waals surface area (Å²) in [5, 5.41) is 17.4. The fourth-order valence-electron chi connectivity index (χ4n) is 1.01. The second-order valence-electron chi connectivity index (χ2n) is 2.71. The molecule has 0 aliphatic rings. The van der Waals surface area contributed by atoms with Gasteiger partial charge in [0.05, 0.1) is 16.0 Å². The van der Waals surface area contributed by atoms with Crippen LogP contribution in [-0.4, -0.2) is 26.4 Å². The SMILES string of the molecule is [NH3+]OS(=O)c1cc(C(=O)O)cc(C(=O)O)c1. The van der Waals surface area contributed by atoms with Crippen LogP contribution in [0.3, 0.4) is 0 Å². The molecule has 1 unspecified atom stereocenters. The number of quaternary nitrogens is 1. The van der Waals surface area contributed by atoms with E-state index in [9.17, 15) is 13.8 Å². The Morgan fingerprint density at radius 1 is 1.12 bits per heavy atom. The van der Waals surface area contributed by atoms with Gasteiger partial charge >= 0.3 is 11.9 Å². The van der Waals surface area contributed by atoms with E-state index < -0.39 is 23.0 Å². The molecule has 1 aromatic rings. The first-order valence-corrected chi connectivity index (χ1v) is 4.99. The van der Waals surface area contributed by atoms with E-state index in [0.717, 1.165) is 18.2 Å². The average molecular weight is 246 g/mol. The largest absolute Gasteiger partial charge is 0.478 e. The molecular weight excluding hydrogens is 238 g/mol. The molecule has 0 bridgehead atoms. The number of benzene rings is 1. The Morgan fingerprint density at radius 2 is 1.56 bits per heavy atom. The quantitative estimate of drug-likeness (QED) is 0.601. The van der Waals surface area contributed by atoms with Gasteiger partial charge in [-0.25, -0.2) is 13.8 Å². The van der Waals surface area contributed by atoms with Crippen LogP contribution in [0, 0.1) is 0 Å². The third kappa shape index (κ3) is 2.63. The van der Waals surface area contributed by atoms with Crippen LogP contribution in [0.5, 0.6) is 0 Å². The standard InChI is InChI=1S/C8H7NO6S/c9-15-16(14)6-2-4(7(10)11)1-5(3-6)8(12)13/h1-3H,9H3,(H-,10,11,12,13)/p+1. The Morgan fingerprint density at radius 3 is 1.88 bits per heavy atom. The first-order valence-electron chi connectivity index (χ1n) is 3.91. The maximum Gasteiger partial charge on any atom is 0.335 e. The van der Waals surface area contributed by atoms with Crippen molar-refractivity contribution in [2.24, 2.45) is 0 Å². The molecule has 0 saturated carbocycles. The molecule has 0 aliphatic heterocycles. The molecule has 1 aromatic carbocycles. The van der Waals surface area contributed by atoms with E-state index in [1.165, 1.54) is 0 Å². The molecule has 5 N–H and O–H groups in total. The van der Waals surface area contributed by atoms with E-state index in [0.29, 0.717) is 0 Å². The predicted octanol–water partition coefficient (Wildman–Crippen LogP) is -0.721. The zero-order chi connectivity index (χ0) is 12.3. The highest BCUT2D eigenvalue weighted by Crippen LogP contribution is 2.14. The lowest BCUT2D eigenvalue weighted by molar-refractivity contribution is -0.633. The predicted molar refractivity (Wildman–Crippen MR) is 50.7 cm³/mol. The summed E-state index contributed by atoms with van der Waals surface area (Å²) < 4.78 is 15.4. The van der Waals surface area contributed by atoms with E-state index in [-0.39, 0.29) is 16.0 Å². The lowest BCUT2D eigenvalue weighted by Crippen LogP contribution is -2.49. The maximum absolute atomic E-state index is 11.2. The molecule has 1 atom stereocenters. The van der Waals surface area contributed by atoms with Gasteiger partial charge in [-0.05, 0) is 18.2 Å². The fourth-order valence-corrected chi connectivity index (χ4v) is 1.59. The van der Waals surface area contributed by atoms with Gasteiger partial charge in [-0.1, -0.05) is 0 Å². The highest BCUT2D eigenvalue weighted by molar-refractivity contribution is 7.80. The van der Waals surface area contributed by atoms with Crippen molar-refractivity contribution in [3.05, 3.63) is 29.3 Å². The second-order valence-corrected chi connectivity index (χ2v) is 3.89. The second kappa shape index (κ2) is 4.84. The van der Waals surface area contributed by atoms with Crippen LogP contribution >= 0.6 is 0 Å². The summed E-state index contributed by atoms with van der Waals surface area (Å²) in [6.07, 6.45) is 0. The van der Waals surface area contributed by atoms with E-state index in [2.05, 4.69) is 10.2 Å². The topological polar surface area (TPSA) is 129 Å².